The van der Waals surface area contributed by atoms with Crippen LogP contribution in [-0.2, 0) is 19.1 Å². The normalized spacial score (nSPS) is 21.0. The number of nitriles is 1. The molecule has 0 amide bonds. The first-order valence-electron chi connectivity index (χ1n) is 10.5. The Morgan fingerprint density at radius 1 is 1.25 bits per heavy atom. The Kier molecular flexibility index (Phi) is 5.83. The molecular weight excluding hydrogens is 410 g/mol. The SMILES string of the molecule is CCOC(=O)C(C#N)=Cc1cc2cc3c(cc2oc1=O)C#CCCC1C(C(=O)OCC)C31. The van der Waals surface area contributed by atoms with Crippen molar-refractivity contribution in [3.8, 4) is 17.9 Å². The maximum Gasteiger partial charge on any atom is 0.348 e. The Hall–Kier alpha value is -3.84. The molecular formula is C25H21NO6. The molecule has 0 spiro atoms. The largest absolute Gasteiger partial charge is 0.466 e. The van der Waals surface area contributed by atoms with Crippen molar-refractivity contribution in [3.05, 3.63) is 50.9 Å². The molecule has 162 valence electrons. The second-order valence-electron chi connectivity index (χ2n) is 7.66. The van der Waals surface area contributed by atoms with Gasteiger partial charge < -0.3 is 13.9 Å². The van der Waals surface area contributed by atoms with Crippen molar-refractivity contribution in [1.29, 1.82) is 5.26 Å². The fraction of sp³-hybridized carbons (Fsp3) is 0.360. The van der Waals surface area contributed by atoms with Crippen LogP contribution in [0.5, 0.6) is 0 Å². The molecule has 7 nitrogen and oxygen atoms in total. The van der Waals surface area contributed by atoms with Crippen molar-refractivity contribution < 1.29 is 23.5 Å². The summed E-state index contributed by atoms with van der Waals surface area (Å²) in [5.41, 5.74) is 1.09. The van der Waals surface area contributed by atoms with Crippen molar-refractivity contribution in [1.82, 2.24) is 0 Å². The molecule has 0 bridgehead atoms. The molecule has 1 aromatic carbocycles. The smallest absolute Gasteiger partial charge is 0.348 e. The van der Waals surface area contributed by atoms with Crippen LogP contribution < -0.4 is 5.63 Å². The lowest BCUT2D eigenvalue weighted by Crippen LogP contribution is -2.09. The first-order valence-corrected chi connectivity index (χ1v) is 10.5. The van der Waals surface area contributed by atoms with Crippen LogP contribution in [0.2, 0.25) is 0 Å². The third-order valence-corrected chi connectivity index (χ3v) is 5.76. The molecule has 2 aromatic rings. The summed E-state index contributed by atoms with van der Waals surface area (Å²) in [4.78, 5) is 36.8. The third-order valence-electron chi connectivity index (χ3n) is 5.76. The number of carbonyl (C=O) groups is 2. The number of hydrogen-bond donors (Lipinski definition) is 0. The van der Waals surface area contributed by atoms with Crippen molar-refractivity contribution in [2.24, 2.45) is 11.8 Å². The van der Waals surface area contributed by atoms with Crippen LogP contribution in [-0.4, -0.2) is 25.2 Å². The summed E-state index contributed by atoms with van der Waals surface area (Å²) in [6, 6.07) is 6.91. The van der Waals surface area contributed by atoms with Crippen molar-refractivity contribution in [2.45, 2.75) is 32.6 Å². The number of rotatable bonds is 5. The van der Waals surface area contributed by atoms with E-state index in [1.807, 2.05) is 6.07 Å². The monoisotopic (exact) mass is 431 g/mol. The van der Waals surface area contributed by atoms with E-state index in [-0.39, 0.29) is 41.5 Å². The van der Waals surface area contributed by atoms with Gasteiger partial charge in [0.15, 0.2) is 0 Å². The van der Waals surface area contributed by atoms with Crippen LogP contribution in [0.3, 0.4) is 0 Å². The van der Waals surface area contributed by atoms with Gasteiger partial charge in [-0.15, -0.1) is 0 Å². The van der Waals surface area contributed by atoms with Gasteiger partial charge in [-0.1, -0.05) is 11.8 Å². The van der Waals surface area contributed by atoms with Gasteiger partial charge in [0, 0.05) is 23.3 Å². The second kappa shape index (κ2) is 8.72. The summed E-state index contributed by atoms with van der Waals surface area (Å²) >= 11 is 0. The lowest BCUT2D eigenvalue weighted by Gasteiger charge is -2.09. The summed E-state index contributed by atoms with van der Waals surface area (Å²) in [5.74, 6) is 5.21. The van der Waals surface area contributed by atoms with Crippen LogP contribution in [0.25, 0.3) is 17.0 Å². The molecule has 0 saturated heterocycles. The van der Waals surface area contributed by atoms with Gasteiger partial charge in [-0.2, -0.15) is 5.26 Å². The molecule has 1 aromatic heterocycles. The van der Waals surface area contributed by atoms with E-state index in [0.29, 0.717) is 24.0 Å². The zero-order chi connectivity index (χ0) is 22.8. The van der Waals surface area contributed by atoms with E-state index in [1.165, 1.54) is 6.08 Å². The second-order valence-corrected chi connectivity index (χ2v) is 7.66. The molecule has 32 heavy (non-hydrogen) atoms. The molecule has 1 saturated carbocycles. The van der Waals surface area contributed by atoms with E-state index in [0.717, 1.165) is 17.5 Å². The molecule has 1 heterocycles. The number of hydrogen-bond acceptors (Lipinski definition) is 7. The van der Waals surface area contributed by atoms with Gasteiger partial charge in [-0.25, -0.2) is 9.59 Å². The van der Waals surface area contributed by atoms with E-state index in [9.17, 15) is 19.6 Å². The molecule has 4 rings (SSSR count). The Bertz CT molecular complexity index is 1300. The lowest BCUT2D eigenvalue weighted by molar-refractivity contribution is -0.145. The van der Waals surface area contributed by atoms with E-state index < -0.39 is 11.6 Å². The fourth-order valence-corrected chi connectivity index (χ4v) is 4.30. The number of ether oxygens (including phenoxy) is 2. The van der Waals surface area contributed by atoms with Crippen molar-refractivity contribution >= 4 is 29.0 Å². The Morgan fingerprint density at radius 2 is 2.03 bits per heavy atom. The lowest BCUT2D eigenvalue weighted by atomic mass is 9.96. The van der Waals surface area contributed by atoms with E-state index in [1.54, 1.807) is 32.0 Å². The van der Waals surface area contributed by atoms with Crippen molar-refractivity contribution in [3.63, 3.8) is 0 Å². The summed E-state index contributed by atoms with van der Waals surface area (Å²) < 4.78 is 15.6. The Morgan fingerprint density at radius 3 is 2.75 bits per heavy atom. The van der Waals surface area contributed by atoms with E-state index in [2.05, 4.69) is 11.8 Å². The van der Waals surface area contributed by atoms with Crippen LogP contribution in [0.1, 0.15) is 49.3 Å². The highest BCUT2D eigenvalue weighted by Crippen LogP contribution is 2.58. The average molecular weight is 431 g/mol. The van der Waals surface area contributed by atoms with E-state index in [4.69, 9.17) is 13.9 Å². The Balaban J connectivity index is 1.80. The fourth-order valence-electron chi connectivity index (χ4n) is 4.30. The predicted molar refractivity (Wildman–Crippen MR) is 115 cm³/mol. The maximum atomic E-state index is 12.5. The van der Waals surface area contributed by atoms with Crippen molar-refractivity contribution in [2.75, 3.05) is 13.2 Å². The minimum Gasteiger partial charge on any atom is -0.466 e. The number of carbonyl (C=O) groups excluding carboxylic acids is 2. The Labute approximate surface area is 184 Å². The van der Waals surface area contributed by atoms with Gasteiger partial charge >= 0.3 is 17.6 Å². The van der Waals surface area contributed by atoms with Crippen LogP contribution in [0, 0.1) is 35.0 Å². The van der Waals surface area contributed by atoms with Crippen LogP contribution in [0.4, 0.5) is 0 Å². The molecule has 7 heteroatoms. The minimum absolute atomic E-state index is 0.00294. The summed E-state index contributed by atoms with van der Waals surface area (Å²) in [5, 5.41) is 9.88. The van der Waals surface area contributed by atoms with Gasteiger partial charge in [-0.3, -0.25) is 4.79 Å². The molecule has 3 unspecified atom stereocenters. The number of fused-ring (bicyclic) bond motifs is 4. The highest BCUT2D eigenvalue weighted by atomic mass is 16.5. The van der Waals surface area contributed by atoms with Gasteiger partial charge in [-0.05, 0) is 56.0 Å². The highest BCUT2D eigenvalue weighted by Gasteiger charge is 2.56. The van der Waals surface area contributed by atoms with Gasteiger partial charge in [0.1, 0.15) is 17.2 Å². The number of nitrogens with zero attached hydrogens (tertiary/aromatic N) is 1. The third kappa shape index (κ3) is 3.90. The van der Waals surface area contributed by atoms with Gasteiger partial charge in [0.05, 0.1) is 24.7 Å². The molecule has 2 aliphatic carbocycles. The average Bonchev–Trinajstić information content (AvgIpc) is 3.47. The zero-order valence-electron chi connectivity index (χ0n) is 17.8. The predicted octanol–water partition coefficient (Wildman–Crippen LogP) is 3.30. The first-order chi connectivity index (χ1) is 15.5. The standard InChI is InChI=1S/C25H21NO6/c1-3-30-23(27)17(13-26)10-16-9-15-11-19-14(12-20(15)32-24(16)28)7-5-6-8-18-21(19)22(18)25(29)31-4-2/h9-12,18,21-22H,3-4,6,8H2,1-2H3. The highest BCUT2D eigenvalue weighted by molar-refractivity contribution is 5.98. The quantitative estimate of drug-likeness (QED) is 0.235. The minimum atomic E-state index is -0.805. The molecule has 1 fully saturated rings. The molecule has 0 N–H and O–H groups in total. The van der Waals surface area contributed by atoms with Gasteiger partial charge in [0.25, 0.3) is 0 Å². The number of benzene rings is 1. The van der Waals surface area contributed by atoms with E-state index >= 15 is 0 Å². The van der Waals surface area contributed by atoms with Gasteiger partial charge in [0.2, 0.25) is 0 Å². The molecule has 2 aliphatic rings. The summed E-state index contributed by atoms with van der Waals surface area (Å²) in [6.45, 7) is 3.86. The topological polar surface area (TPSA) is 107 Å². The molecule has 0 aliphatic heterocycles. The zero-order valence-corrected chi connectivity index (χ0v) is 17.8. The first kappa shape index (κ1) is 21.4. The molecule has 3 atom stereocenters. The summed E-state index contributed by atoms with van der Waals surface area (Å²) in [6.07, 6.45) is 2.68. The van der Waals surface area contributed by atoms with Crippen LogP contribution in [0.15, 0.2) is 33.0 Å². The maximum absolute atomic E-state index is 12.5. The van der Waals surface area contributed by atoms with Crippen LogP contribution >= 0.6 is 0 Å². The number of esters is 2. The molecule has 0 radical (unpaired) electrons. The summed E-state index contributed by atoms with van der Waals surface area (Å²) in [7, 11) is 0.